The van der Waals surface area contributed by atoms with Crippen molar-refractivity contribution in [3.63, 3.8) is 0 Å². The molecule has 0 bridgehead atoms. The van der Waals surface area contributed by atoms with E-state index in [-0.39, 0.29) is 5.78 Å². The summed E-state index contributed by atoms with van der Waals surface area (Å²) in [7, 11) is 0. The van der Waals surface area contributed by atoms with Gasteiger partial charge in [-0.25, -0.2) is 0 Å². The van der Waals surface area contributed by atoms with E-state index in [9.17, 15) is 4.79 Å². The Hall–Kier alpha value is -2.16. The van der Waals surface area contributed by atoms with Crippen LogP contribution in [0.5, 0.6) is 0 Å². The van der Waals surface area contributed by atoms with E-state index in [1.165, 1.54) is 0 Å². The number of nitrogens with zero attached hydrogens (tertiary/aromatic N) is 2. The molecule has 0 unspecified atom stereocenters. The summed E-state index contributed by atoms with van der Waals surface area (Å²) in [4.78, 5) is 11.8. The van der Waals surface area contributed by atoms with Crippen LogP contribution in [-0.4, -0.2) is 15.6 Å². The molecule has 0 saturated carbocycles. The molecule has 0 N–H and O–H groups in total. The van der Waals surface area contributed by atoms with E-state index in [1.807, 2.05) is 48.1 Å². The molecule has 0 saturated heterocycles. The van der Waals surface area contributed by atoms with Crippen molar-refractivity contribution in [2.24, 2.45) is 0 Å². The molecule has 0 amide bonds. The van der Waals surface area contributed by atoms with Crippen molar-refractivity contribution >= 4 is 11.9 Å². The van der Waals surface area contributed by atoms with E-state index in [1.54, 1.807) is 18.3 Å². The lowest BCUT2D eigenvalue weighted by Gasteiger charge is -1.93. The van der Waals surface area contributed by atoms with Gasteiger partial charge < -0.3 is 0 Å². The maximum Gasteiger partial charge on any atom is 0.185 e. The Balaban J connectivity index is 2.08. The largest absolute Gasteiger partial charge is 0.289 e. The zero-order valence-electron chi connectivity index (χ0n) is 9.71. The lowest BCUT2D eigenvalue weighted by Crippen LogP contribution is -1.93. The second kappa shape index (κ2) is 5.25. The van der Waals surface area contributed by atoms with Crippen molar-refractivity contribution in [1.82, 2.24) is 9.78 Å². The van der Waals surface area contributed by atoms with E-state index in [2.05, 4.69) is 5.10 Å². The number of aromatic nitrogens is 2. The standard InChI is InChI=1S/C14H14N2O/c1-2-16-11-12(10-15-16)8-9-14(17)13-6-4-3-5-7-13/h3-11H,2H2,1H3/b9-8+. The number of ketones is 1. The third-order valence-electron chi connectivity index (χ3n) is 2.46. The van der Waals surface area contributed by atoms with E-state index in [0.717, 1.165) is 12.1 Å². The highest BCUT2D eigenvalue weighted by Gasteiger charge is 1.99. The molecule has 0 aliphatic carbocycles. The van der Waals surface area contributed by atoms with E-state index in [0.29, 0.717) is 5.56 Å². The normalized spacial score (nSPS) is 10.9. The molecule has 1 aromatic heterocycles. The fourth-order valence-corrected chi connectivity index (χ4v) is 1.51. The number of rotatable bonds is 4. The lowest BCUT2D eigenvalue weighted by molar-refractivity contribution is 0.104. The molecule has 3 nitrogen and oxygen atoms in total. The number of hydrogen-bond donors (Lipinski definition) is 0. The summed E-state index contributed by atoms with van der Waals surface area (Å²) in [6, 6.07) is 9.22. The third kappa shape index (κ3) is 2.91. The third-order valence-corrected chi connectivity index (χ3v) is 2.46. The summed E-state index contributed by atoms with van der Waals surface area (Å²) < 4.78 is 1.83. The second-order valence-corrected chi connectivity index (χ2v) is 3.69. The highest BCUT2D eigenvalue weighted by atomic mass is 16.1. The molecule has 0 aliphatic heterocycles. The Labute approximate surface area is 100 Å². The van der Waals surface area contributed by atoms with Gasteiger partial charge in [-0.2, -0.15) is 5.10 Å². The van der Waals surface area contributed by atoms with Crippen LogP contribution >= 0.6 is 0 Å². The molecule has 0 radical (unpaired) electrons. The summed E-state index contributed by atoms with van der Waals surface area (Å²) in [6.07, 6.45) is 7.02. The van der Waals surface area contributed by atoms with Crippen LogP contribution in [0.3, 0.4) is 0 Å². The van der Waals surface area contributed by atoms with Gasteiger partial charge in [0.1, 0.15) is 0 Å². The molecule has 3 heteroatoms. The quantitative estimate of drug-likeness (QED) is 0.593. The summed E-state index contributed by atoms with van der Waals surface area (Å²) in [5.41, 5.74) is 1.64. The van der Waals surface area contributed by atoms with Gasteiger partial charge in [-0.15, -0.1) is 0 Å². The van der Waals surface area contributed by atoms with Crippen LogP contribution in [0.15, 0.2) is 48.8 Å². The molecule has 2 rings (SSSR count). The summed E-state index contributed by atoms with van der Waals surface area (Å²) >= 11 is 0. The second-order valence-electron chi connectivity index (χ2n) is 3.69. The number of carbonyl (C=O) groups excluding carboxylic acids is 1. The summed E-state index contributed by atoms with van der Waals surface area (Å²) in [5, 5.41) is 4.14. The van der Waals surface area contributed by atoms with Crippen LogP contribution in [0.1, 0.15) is 22.8 Å². The van der Waals surface area contributed by atoms with Crippen LogP contribution in [0, 0.1) is 0 Å². The zero-order chi connectivity index (χ0) is 12.1. The predicted octanol–water partition coefficient (Wildman–Crippen LogP) is 2.80. The fourth-order valence-electron chi connectivity index (χ4n) is 1.51. The monoisotopic (exact) mass is 226 g/mol. The topological polar surface area (TPSA) is 34.9 Å². The minimum Gasteiger partial charge on any atom is -0.289 e. The molecule has 1 heterocycles. The highest BCUT2D eigenvalue weighted by Crippen LogP contribution is 2.05. The Morgan fingerprint density at radius 1 is 1.35 bits per heavy atom. The number of hydrogen-bond acceptors (Lipinski definition) is 2. The minimum atomic E-state index is 0.00912. The van der Waals surface area contributed by atoms with Gasteiger partial charge in [0, 0.05) is 23.9 Å². The van der Waals surface area contributed by atoms with Crippen molar-refractivity contribution in [2.75, 3.05) is 0 Å². The van der Waals surface area contributed by atoms with Crippen LogP contribution < -0.4 is 0 Å². The molecular formula is C14H14N2O. The molecule has 0 aliphatic rings. The van der Waals surface area contributed by atoms with E-state index in [4.69, 9.17) is 0 Å². The number of allylic oxidation sites excluding steroid dienone is 1. The average molecular weight is 226 g/mol. The van der Waals surface area contributed by atoms with E-state index < -0.39 is 0 Å². The maximum atomic E-state index is 11.8. The van der Waals surface area contributed by atoms with Gasteiger partial charge in [-0.05, 0) is 19.1 Å². The van der Waals surface area contributed by atoms with Crippen LogP contribution in [-0.2, 0) is 6.54 Å². The average Bonchev–Trinajstić information content (AvgIpc) is 2.85. The SMILES string of the molecule is CCn1cc(/C=C/C(=O)c2ccccc2)cn1. The van der Waals surface area contributed by atoms with Crippen LogP contribution in [0.4, 0.5) is 0 Å². The van der Waals surface area contributed by atoms with Gasteiger partial charge in [-0.3, -0.25) is 9.48 Å². The molecule has 86 valence electrons. The number of benzene rings is 1. The molecular weight excluding hydrogens is 212 g/mol. The first-order valence-corrected chi connectivity index (χ1v) is 5.59. The Morgan fingerprint density at radius 3 is 2.76 bits per heavy atom. The summed E-state index contributed by atoms with van der Waals surface area (Å²) in [6.45, 7) is 2.86. The minimum absolute atomic E-state index is 0.00912. The number of carbonyl (C=O) groups is 1. The van der Waals surface area contributed by atoms with Gasteiger partial charge in [0.25, 0.3) is 0 Å². The lowest BCUT2D eigenvalue weighted by atomic mass is 10.1. The Morgan fingerprint density at radius 2 is 2.12 bits per heavy atom. The fraction of sp³-hybridized carbons (Fsp3) is 0.143. The van der Waals surface area contributed by atoms with Gasteiger partial charge in [0.15, 0.2) is 5.78 Å². The van der Waals surface area contributed by atoms with Crippen molar-refractivity contribution in [3.05, 3.63) is 59.9 Å². The molecule has 2 aromatic rings. The van der Waals surface area contributed by atoms with Crippen molar-refractivity contribution in [3.8, 4) is 0 Å². The molecule has 0 fully saturated rings. The van der Waals surface area contributed by atoms with Gasteiger partial charge >= 0.3 is 0 Å². The van der Waals surface area contributed by atoms with Gasteiger partial charge in [0.05, 0.1) is 6.20 Å². The molecule has 0 atom stereocenters. The molecule has 0 spiro atoms. The van der Waals surface area contributed by atoms with Crippen LogP contribution in [0.2, 0.25) is 0 Å². The first-order valence-electron chi connectivity index (χ1n) is 5.59. The van der Waals surface area contributed by atoms with Crippen molar-refractivity contribution in [1.29, 1.82) is 0 Å². The summed E-state index contributed by atoms with van der Waals surface area (Å²) in [5.74, 6) is 0.00912. The molecule has 1 aromatic carbocycles. The Bertz CT molecular complexity index is 526. The van der Waals surface area contributed by atoms with Crippen molar-refractivity contribution < 1.29 is 4.79 Å². The number of aryl methyl sites for hydroxylation is 1. The van der Waals surface area contributed by atoms with Crippen molar-refractivity contribution in [2.45, 2.75) is 13.5 Å². The van der Waals surface area contributed by atoms with Crippen LogP contribution in [0.25, 0.3) is 6.08 Å². The van der Waals surface area contributed by atoms with E-state index >= 15 is 0 Å². The molecule has 17 heavy (non-hydrogen) atoms. The zero-order valence-corrected chi connectivity index (χ0v) is 9.71. The predicted molar refractivity (Wildman–Crippen MR) is 67.7 cm³/mol. The maximum absolute atomic E-state index is 11.8. The smallest absolute Gasteiger partial charge is 0.185 e. The first kappa shape index (κ1) is 11.3. The highest BCUT2D eigenvalue weighted by molar-refractivity contribution is 6.06. The Kier molecular flexibility index (Phi) is 3.50. The van der Waals surface area contributed by atoms with Gasteiger partial charge in [-0.1, -0.05) is 30.3 Å². The first-order chi connectivity index (χ1) is 8.29. The van der Waals surface area contributed by atoms with Gasteiger partial charge in [0.2, 0.25) is 0 Å².